The van der Waals surface area contributed by atoms with E-state index in [-0.39, 0.29) is 5.92 Å². The minimum Gasteiger partial charge on any atom is -0.299 e. The van der Waals surface area contributed by atoms with Crippen LogP contribution in [-0.4, -0.2) is 30.3 Å². The molecule has 2 heteroatoms. The molecule has 2 fully saturated rings. The minimum absolute atomic E-state index is 0.260. The van der Waals surface area contributed by atoms with Crippen molar-refractivity contribution >= 4 is 5.78 Å². The molecule has 15 heavy (non-hydrogen) atoms. The molecule has 0 radical (unpaired) electrons. The van der Waals surface area contributed by atoms with Gasteiger partial charge in [-0.15, -0.1) is 5.92 Å². The summed E-state index contributed by atoms with van der Waals surface area (Å²) in [6.07, 6.45) is 6.38. The monoisotopic (exact) mass is 205 g/mol. The van der Waals surface area contributed by atoms with Crippen molar-refractivity contribution in [1.29, 1.82) is 0 Å². The molecular formula is C13H19NO. The number of likely N-dealkylation sites (tertiary alicyclic amines) is 1. The van der Waals surface area contributed by atoms with Crippen LogP contribution in [0.1, 0.15) is 38.5 Å². The van der Waals surface area contributed by atoms with Crippen molar-refractivity contribution in [3.05, 3.63) is 0 Å². The van der Waals surface area contributed by atoms with Crippen molar-refractivity contribution in [3.8, 4) is 11.8 Å². The molecule has 0 aromatic rings. The van der Waals surface area contributed by atoms with Crippen LogP contribution in [0.25, 0.3) is 0 Å². The molecule has 0 aromatic heterocycles. The highest BCUT2D eigenvalue weighted by Crippen LogP contribution is 2.23. The predicted molar refractivity (Wildman–Crippen MR) is 60.4 cm³/mol. The Morgan fingerprint density at radius 3 is 2.67 bits per heavy atom. The Bertz CT molecular complexity index is 281. The molecule has 2 nitrogen and oxygen atoms in total. The van der Waals surface area contributed by atoms with Gasteiger partial charge in [-0.05, 0) is 38.8 Å². The maximum atomic E-state index is 11.3. The number of hydrogen-bond acceptors (Lipinski definition) is 2. The lowest BCUT2D eigenvalue weighted by Gasteiger charge is -2.08. The van der Waals surface area contributed by atoms with E-state index < -0.39 is 0 Å². The SMILES string of the molecule is O=C1CCCC1CC#CCN1CCCC1. The second-order valence-corrected chi connectivity index (χ2v) is 4.60. The fourth-order valence-corrected chi connectivity index (χ4v) is 2.41. The Hall–Kier alpha value is -0.810. The van der Waals surface area contributed by atoms with E-state index in [0.29, 0.717) is 5.78 Å². The van der Waals surface area contributed by atoms with Crippen LogP contribution in [0.5, 0.6) is 0 Å². The van der Waals surface area contributed by atoms with Crippen LogP contribution in [0.4, 0.5) is 0 Å². The molecule has 1 heterocycles. The zero-order valence-electron chi connectivity index (χ0n) is 9.30. The van der Waals surface area contributed by atoms with Crippen LogP contribution in [0.15, 0.2) is 0 Å². The van der Waals surface area contributed by atoms with Gasteiger partial charge in [0.15, 0.2) is 0 Å². The lowest BCUT2D eigenvalue weighted by molar-refractivity contribution is -0.120. The normalized spacial score (nSPS) is 26.7. The van der Waals surface area contributed by atoms with Crippen LogP contribution >= 0.6 is 0 Å². The van der Waals surface area contributed by atoms with E-state index in [4.69, 9.17) is 0 Å². The van der Waals surface area contributed by atoms with Crippen molar-refractivity contribution in [1.82, 2.24) is 4.90 Å². The second kappa shape index (κ2) is 5.32. The molecule has 2 aliphatic rings. The maximum Gasteiger partial charge on any atom is 0.136 e. The van der Waals surface area contributed by atoms with Gasteiger partial charge in [-0.3, -0.25) is 9.69 Å². The van der Waals surface area contributed by atoms with Crippen molar-refractivity contribution in [2.24, 2.45) is 5.92 Å². The fourth-order valence-electron chi connectivity index (χ4n) is 2.41. The van der Waals surface area contributed by atoms with Gasteiger partial charge in [0.1, 0.15) is 5.78 Å². The van der Waals surface area contributed by atoms with Gasteiger partial charge < -0.3 is 0 Å². The van der Waals surface area contributed by atoms with Crippen molar-refractivity contribution in [2.45, 2.75) is 38.5 Å². The van der Waals surface area contributed by atoms with Crippen LogP contribution in [0, 0.1) is 17.8 Å². The molecular weight excluding hydrogens is 186 g/mol. The average Bonchev–Trinajstić information content (AvgIpc) is 2.85. The van der Waals surface area contributed by atoms with E-state index in [0.717, 1.165) is 32.2 Å². The number of carbonyl (C=O) groups is 1. The van der Waals surface area contributed by atoms with Crippen molar-refractivity contribution in [3.63, 3.8) is 0 Å². The Morgan fingerprint density at radius 1 is 1.20 bits per heavy atom. The summed E-state index contributed by atoms with van der Waals surface area (Å²) in [6, 6.07) is 0. The standard InChI is InChI=1S/C13H19NO/c15-13-8-5-7-12(13)6-1-2-9-14-10-3-4-11-14/h12H,3-11H2. The van der Waals surface area contributed by atoms with Gasteiger partial charge in [-0.25, -0.2) is 0 Å². The molecule has 0 spiro atoms. The second-order valence-electron chi connectivity index (χ2n) is 4.60. The van der Waals surface area contributed by atoms with Crippen LogP contribution < -0.4 is 0 Å². The Balaban J connectivity index is 1.68. The van der Waals surface area contributed by atoms with Crippen molar-refractivity contribution in [2.75, 3.05) is 19.6 Å². The smallest absolute Gasteiger partial charge is 0.136 e. The Kier molecular flexibility index (Phi) is 3.80. The molecule has 1 aliphatic heterocycles. The number of hydrogen-bond donors (Lipinski definition) is 0. The highest BCUT2D eigenvalue weighted by atomic mass is 16.1. The summed E-state index contributed by atoms with van der Waals surface area (Å²) in [7, 11) is 0. The zero-order valence-corrected chi connectivity index (χ0v) is 9.30. The third kappa shape index (κ3) is 3.07. The van der Waals surface area contributed by atoms with Gasteiger partial charge in [0.2, 0.25) is 0 Å². The highest BCUT2D eigenvalue weighted by molar-refractivity contribution is 5.83. The van der Waals surface area contributed by atoms with Gasteiger partial charge in [0.05, 0.1) is 6.54 Å². The van der Waals surface area contributed by atoms with E-state index in [1.807, 2.05) is 0 Å². The van der Waals surface area contributed by atoms with Gasteiger partial charge >= 0.3 is 0 Å². The predicted octanol–water partition coefficient (Wildman–Crippen LogP) is 1.84. The zero-order chi connectivity index (χ0) is 10.5. The fraction of sp³-hybridized carbons (Fsp3) is 0.769. The third-order valence-corrected chi connectivity index (χ3v) is 3.41. The van der Waals surface area contributed by atoms with Gasteiger partial charge in [-0.2, -0.15) is 0 Å². The maximum absolute atomic E-state index is 11.3. The summed E-state index contributed by atoms with van der Waals surface area (Å²) in [4.78, 5) is 13.7. The first kappa shape index (κ1) is 10.7. The van der Waals surface area contributed by atoms with Crippen LogP contribution in [-0.2, 0) is 4.79 Å². The molecule has 0 amide bonds. The minimum atomic E-state index is 0.260. The van der Waals surface area contributed by atoms with Gasteiger partial charge in [0.25, 0.3) is 0 Å². The lowest BCUT2D eigenvalue weighted by atomic mass is 10.0. The summed E-state index contributed by atoms with van der Waals surface area (Å²) in [6.45, 7) is 3.31. The summed E-state index contributed by atoms with van der Waals surface area (Å²) < 4.78 is 0. The molecule has 0 aromatic carbocycles. The van der Waals surface area contributed by atoms with Crippen molar-refractivity contribution < 1.29 is 4.79 Å². The van der Waals surface area contributed by atoms with Gasteiger partial charge in [-0.1, -0.05) is 5.92 Å². The molecule has 1 saturated carbocycles. The number of rotatable bonds is 2. The first-order chi connectivity index (χ1) is 7.36. The number of Topliss-reactive ketones (excluding diaryl/α,β-unsaturated/α-hetero) is 1. The molecule has 1 atom stereocenters. The first-order valence-electron chi connectivity index (χ1n) is 6.07. The van der Waals surface area contributed by atoms with E-state index in [1.54, 1.807) is 0 Å². The van der Waals surface area contributed by atoms with E-state index in [9.17, 15) is 4.79 Å². The summed E-state index contributed by atoms with van der Waals surface area (Å²) in [5.74, 6) is 7.07. The molecule has 1 unspecified atom stereocenters. The summed E-state index contributed by atoms with van der Waals surface area (Å²) in [5.41, 5.74) is 0. The quantitative estimate of drug-likeness (QED) is 0.641. The Morgan fingerprint density at radius 2 is 2.00 bits per heavy atom. The van der Waals surface area contributed by atoms with Crippen LogP contribution in [0.3, 0.4) is 0 Å². The van der Waals surface area contributed by atoms with E-state index >= 15 is 0 Å². The largest absolute Gasteiger partial charge is 0.299 e. The number of ketones is 1. The molecule has 0 bridgehead atoms. The number of carbonyl (C=O) groups excluding carboxylic acids is 1. The lowest BCUT2D eigenvalue weighted by Crippen LogP contribution is -2.19. The first-order valence-corrected chi connectivity index (χ1v) is 6.07. The van der Waals surface area contributed by atoms with E-state index in [2.05, 4.69) is 16.7 Å². The summed E-state index contributed by atoms with van der Waals surface area (Å²) >= 11 is 0. The third-order valence-electron chi connectivity index (χ3n) is 3.41. The molecule has 2 rings (SSSR count). The van der Waals surface area contributed by atoms with Crippen LogP contribution in [0.2, 0.25) is 0 Å². The molecule has 1 saturated heterocycles. The topological polar surface area (TPSA) is 20.3 Å². The Labute approximate surface area is 92.0 Å². The molecule has 1 aliphatic carbocycles. The average molecular weight is 205 g/mol. The summed E-state index contributed by atoms with van der Waals surface area (Å²) in [5, 5.41) is 0. The van der Waals surface area contributed by atoms with E-state index in [1.165, 1.54) is 25.9 Å². The molecule has 0 N–H and O–H groups in total. The molecule has 82 valence electrons. The van der Waals surface area contributed by atoms with Gasteiger partial charge in [0, 0.05) is 18.8 Å². The highest BCUT2D eigenvalue weighted by Gasteiger charge is 2.22. The number of nitrogens with zero attached hydrogens (tertiary/aromatic N) is 1.